The number of hydrogen-bond acceptors (Lipinski definition) is 2. The monoisotopic (exact) mass is 260 g/mol. The van der Waals surface area contributed by atoms with Crippen LogP contribution in [0.3, 0.4) is 0 Å². The molecule has 0 heterocycles. The van der Waals surface area contributed by atoms with Crippen molar-refractivity contribution in [3.05, 3.63) is 41.1 Å². The number of rotatable bonds is 4. The maximum atomic E-state index is 12.5. The lowest BCUT2D eigenvalue weighted by molar-refractivity contribution is 0.144. The molecule has 0 aliphatic rings. The average molecular weight is 261 g/mol. The van der Waals surface area contributed by atoms with Gasteiger partial charge in [0.25, 0.3) is 0 Å². The second kappa shape index (κ2) is 5.78. The Labute approximate surface area is 90.1 Å². The van der Waals surface area contributed by atoms with Crippen LogP contribution >= 0.6 is 15.9 Å². The minimum Gasteiger partial charge on any atom is -0.491 e. The standard InChI is InChI=1S/C10H10BrFO2/c11-6-5-9(13)7-14-10-3-1-8(12)2-4-10/h1-6,9,13H,7H2/t9-/m0/s1. The van der Waals surface area contributed by atoms with Gasteiger partial charge in [0, 0.05) is 0 Å². The van der Waals surface area contributed by atoms with Crippen molar-refractivity contribution in [1.29, 1.82) is 0 Å². The van der Waals surface area contributed by atoms with Gasteiger partial charge in [0.05, 0.1) is 0 Å². The van der Waals surface area contributed by atoms with E-state index in [4.69, 9.17) is 4.74 Å². The number of aliphatic hydroxyl groups excluding tert-OH is 1. The molecule has 1 atom stereocenters. The molecule has 0 aliphatic heterocycles. The highest BCUT2D eigenvalue weighted by Crippen LogP contribution is 2.11. The van der Waals surface area contributed by atoms with Crippen LogP contribution in [-0.4, -0.2) is 17.8 Å². The first-order valence-corrected chi connectivity index (χ1v) is 4.97. The summed E-state index contributed by atoms with van der Waals surface area (Å²) in [7, 11) is 0. The molecule has 0 unspecified atom stereocenters. The molecule has 76 valence electrons. The number of halogens is 2. The summed E-state index contributed by atoms with van der Waals surface area (Å²) in [5, 5.41) is 9.25. The Morgan fingerprint density at radius 2 is 2.07 bits per heavy atom. The van der Waals surface area contributed by atoms with Gasteiger partial charge in [-0.3, -0.25) is 0 Å². The van der Waals surface area contributed by atoms with Gasteiger partial charge in [-0.25, -0.2) is 4.39 Å². The SMILES string of the molecule is O[C@@H](C=CBr)COc1ccc(F)cc1. The Hall–Kier alpha value is -0.870. The Bertz CT molecular complexity index is 297. The van der Waals surface area contributed by atoms with Crippen molar-refractivity contribution in [2.24, 2.45) is 0 Å². The molecular weight excluding hydrogens is 251 g/mol. The van der Waals surface area contributed by atoms with Gasteiger partial charge in [-0.15, -0.1) is 0 Å². The molecule has 0 aromatic heterocycles. The van der Waals surface area contributed by atoms with E-state index in [1.54, 1.807) is 11.1 Å². The van der Waals surface area contributed by atoms with E-state index in [1.165, 1.54) is 24.3 Å². The normalized spacial score (nSPS) is 13.1. The van der Waals surface area contributed by atoms with Gasteiger partial charge in [0.2, 0.25) is 0 Å². The average Bonchev–Trinajstić information content (AvgIpc) is 2.17. The lowest BCUT2D eigenvalue weighted by Crippen LogP contribution is -2.14. The fourth-order valence-corrected chi connectivity index (χ4v) is 1.20. The molecule has 0 aliphatic carbocycles. The molecule has 0 bridgehead atoms. The van der Waals surface area contributed by atoms with Crippen LogP contribution < -0.4 is 4.74 Å². The zero-order valence-electron chi connectivity index (χ0n) is 7.36. The Morgan fingerprint density at radius 1 is 1.43 bits per heavy atom. The van der Waals surface area contributed by atoms with Crippen LogP contribution in [0.2, 0.25) is 0 Å². The quantitative estimate of drug-likeness (QED) is 0.902. The molecule has 1 aromatic rings. The Balaban J connectivity index is 2.42. The van der Waals surface area contributed by atoms with Crippen molar-refractivity contribution in [3.8, 4) is 5.75 Å². The first kappa shape index (κ1) is 11.2. The summed E-state index contributed by atoms with van der Waals surface area (Å²) in [6.45, 7) is 0.147. The smallest absolute Gasteiger partial charge is 0.123 e. The van der Waals surface area contributed by atoms with Crippen LogP contribution in [0.1, 0.15) is 0 Å². The third-order valence-electron chi connectivity index (χ3n) is 1.53. The molecule has 1 rings (SSSR count). The van der Waals surface area contributed by atoms with E-state index in [2.05, 4.69) is 15.9 Å². The number of benzene rings is 1. The largest absolute Gasteiger partial charge is 0.491 e. The molecule has 1 N–H and O–H groups in total. The van der Waals surface area contributed by atoms with Gasteiger partial charge in [-0.05, 0) is 35.3 Å². The van der Waals surface area contributed by atoms with Gasteiger partial charge in [-0.1, -0.05) is 15.9 Å². The molecule has 0 saturated carbocycles. The van der Waals surface area contributed by atoms with Crippen molar-refractivity contribution in [2.75, 3.05) is 6.61 Å². The number of hydrogen-bond donors (Lipinski definition) is 1. The third-order valence-corrected chi connectivity index (χ3v) is 1.83. The lowest BCUT2D eigenvalue weighted by atomic mass is 10.3. The molecule has 14 heavy (non-hydrogen) atoms. The van der Waals surface area contributed by atoms with Gasteiger partial charge in [0.15, 0.2) is 0 Å². The summed E-state index contributed by atoms with van der Waals surface area (Å²) < 4.78 is 17.7. The first-order chi connectivity index (χ1) is 6.72. The van der Waals surface area contributed by atoms with Crippen LogP contribution in [0.25, 0.3) is 0 Å². The Kier molecular flexibility index (Phi) is 4.62. The molecular formula is C10H10BrFO2. The van der Waals surface area contributed by atoms with E-state index in [9.17, 15) is 9.50 Å². The molecule has 0 spiro atoms. The molecule has 2 nitrogen and oxygen atoms in total. The lowest BCUT2D eigenvalue weighted by Gasteiger charge is -2.08. The first-order valence-electron chi connectivity index (χ1n) is 4.05. The summed E-state index contributed by atoms with van der Waals surface area (Å²) in [6.07, 6.45) is 0.878. The van der Waals surface area contributed by atoms with E-state index in [1.807, 2.05) is 0 Å². The van der Waals surface area contributed by atoms with Crippen LogP contribution in [0, 0.1) is 5.82 Å². The van der Waals surface area contributed by atoms with Crippen LogP contribution in [0.5, 0.6) is 5.75 Å². The van der Waals surface area contributed by atoms with E-state index in [0.717, 1.165) is 0 Å². The number of aliphatic hydroxyl groups is 1. The van der Waals surface area contributed by atoms with E-state index >= 15 is 0 Å². The van der Waals surface area contributed by atoms with Gasteiger partial charge < -0.3 is 9.84 Å². The Morgan fingerprint density at radius 3 is 2.64 bits per heavy atom. The highest BCUT2D eigenvalue weighted by Gasteiger charge is 2.00. The van der Waals surface area contributed by atoms with E-state index in [0.29, 0.717) is 5.75 Å². The fraction of sp³-hybridized carbons (Fsp3) is 0.200. The zero-order valence-corrected chi connectivity index (χ0v) is 8.95. The summed E-state index contributed by atoms with van der Waals surface area (Å²) in [5.41, 5.74) is 0. The van der Waals surface area contributed by atoms with Gasteiger partial charge in [0.1, 0.15) is 24.3 Å². The van der Waals surface area contributed by atoms with E-state index < -0.39 is 6.10 Å². The van der Waals surface area contributed by atoms with E-state index in [-0.39, 0.29) is 12.4 Å². The molecule has 0 amide bonds. The molecule has 0 fully saturated rings. The minimum absolute atomic E-state index is 0.147. The van der Waals surface area contributed by atoms with Gasteiger partial charge in [-0.2, -0.15) is 0 Å². The summed E-state index contributed by atoms with van der Waals surface area (Å²) >= 11 is 3.04. The summed E-state index contributed by atoms with van der Waals surface area (Å²) in [5.74, 6) is 0.228. The minimum atomic E-state index is -0.667. The summed E-state index contributed by atoms with van der Waals surface area (Å²) in [4.78, 5) is 1.56. The van der Waals surface area contributed by atoms with Crippen molar-refractivity contribution in [1.82, 2.24) is 0 Å². The fourth-order valence-electron chi connectivity index (χ4n) is 0.852. The zero-order chi connectivity index (χ0) is 10.4. The topological polar surface area (TPSA) is 29.5 Å². The maximum Gasteiger partial charge on any atom is 0.123 e. The van der Waals surface area contributed by atoms with Crippen LogP contribution in [0.15, 0.2) is 35.3 Å². The predicted octanol–water partition coefficient (Wildman–Crippen LogP) is 2.47. The second-order valence-electron chi connectivity index (χ2n) is 2.65. The molecule has 0 saturated heterocycles. The second-order valence-corrected chi connectivity index (χ2v) is 3.18. The van der Waals surface area contributed by atoms with Crippen molar-refractivity contribution >= 4 is 15.9 Å². The van der Waals surface area contributed by atoms with Crippen LogP contribution in [0.4, 0.5) is 4.39 Å². The highest BCUT2D eigenvalue weighted by molar-refractivity contribution is 9.11. The predicted molar refractivity (Wildman–Crippen MR) is 56.0 cm³/mol. The van der Waals surface area contributed by atoms with Crippen LogP contribution in [-0.2, 0) is 0 Å². The molecule has 0 radical (unpaired) electrons. The third kappa shape index (κ3) is 3.89. The summed E-state index contributed by atoms with van der Waals surface area (Å²) in [6, 6.07) is 5.64. The van der Waals surface area contributed by atoms with Crippen molar-refractivity contribution in [3.63, 3.8) is 0 Å². The van der Waals surface area contributed by atoms with Crippen molar-refractivity contribution < 1.29 is 14.2 Å². The maximum absolute atomic E-state index is 12.5. The number of ether oxygens (including phenoxy) is 1. The van der Waals surface area contributed by atoms with Gasteiger partial charge >= 0.3 is 0 Å². The molecule has 4 heteroatoms. The molecule has 1 aromatic carbocycles. The highest BCUT2D eigenvalue weighted by atomic mass is 79.9. The van der Waals surface area contributed by atoms with Crippen molar-refractivity contribution in [2.45, 2.75) is 6.10 Å².